The van der Waals surface area contributed by atoms with E-state index in [4.69, 9.17) is 0 Å². The molecule has 2 atom stereocenters. The number of nitrogens with one attached hydrogen (secondary N) is 1. The molecule has 2 unspecified atom stereocenters. The molecule has 2 rings (SSSR count). The molecule has 1 saturated carbocycles. The van der Waals surface area contributed by atoms with Gasteiger partial charge in [-0.3, -0.25) is 0 Å². The van der Waals surface area contributed by atoms with E-state index in [1.165, 1.54) is 38.8 Å². The second kappa shape index (κ2) is 8.02. The zero-order chi connectivity index (χ0) is 12.1. The Morgan fingerprint density at radius 3 is 2.44 bits per heavy atom. The minimum Gasteiger partial charge on any atom is -0.357 e. The van der Waals surface area contributed by atoms with Crippen molar-refractivity contribution < 1.29 is 0 Å². The van der Waals surface area contributed by atoms with E-state index in [2.05, 4.69) is 28.7 Å². The molecule has 18 heavy (non-hydrogen) atoms. The lowest BCUT2D eigenvalue weighted by Gasteiger charge is -2.22. The van der Waals surface area contributed by atoms with Crippen LogP contribution in [0.25, 0.3) is 0 Å². The first-order chi connectivity index (χ1) is 8.35. The van der Waals surface area contributed by atoms with Crippen molar-refractivity contribution in [3.05, 3.63) is 12.7 Å². The number of nitrogens with zero attached hydrogens (tertiary/aromatic N) is 2. The van der Waals surface area contributed by atoms with Crippen molar-refractivity contribution in [2.24, 2.45) is 16.8 Å². The molecule has 3 nitrogen and oxygen atoms in total. The third-order valence-electron chi connectivity index (χ3n) is 3.98. The Morgan fingerprint density at radius 2 is 1.94 bits per heavy atom. The summed E-state index contributed by atoms with van der Waals surface area (Å²) in [4.78, 5) is 7.04. The minimum atomic E-state index is 0. The number of guanidine groups is 1. The highest BCUT2D eigenvalue weighted by atomic mass is 127. The van der Waals surface area contributed by atoms with Crippen LogP contribution in [-0.4, -0.2) is 37.0 Å². The van der Waals surface area contributed by atoms with E-state index in [0.29, 0.717) is 6.54 Å². The van der Waals surface area contributed by atoms with Crippen LogP contribution in [0.5, 0.6) is 0 Å². The van der Waals surface area contributed by atoms with E-state index in [1.807, 2.05) is 6.08 Å². The van der Waals surface area contributed by atoms with E-state index >= 15 is 0 Å². The lowest BCUT2D eigenvalue weighted by molar-refractivity contribution is 0.299. The Hall–Kier alpha value is -0.260. The van der Waals surface area contributed by atoms with Crippen LogP contribution in [0, 0.1) is 11.8 Å². The molecule has 104 valence electrons. The average molecular weight is 363 g/mol. The predicted octanol–water partition coefficient (Wildman–Crippen LogP) is 2.88. The van der Waals surface area contributed by atoms with Crippen LogP contribution in [0.2, 0.25) is 0 Å². The molecular formula is C14H26IN3. The molecule has 1 aliphatic carbocycles. The van der Waals surface area contributed by atoms with Crippen LogP contribution < -0.4 is 5.32 Å². The summed E-state index contributed by atoms with van der Waals surface area (Å²) in [5, 5.41) is 3.40. The second-order valence-electron chi connectivity index (χ2n) is 5.19. The number of rotatable bonds is 3. The van der Waals surface area contributed by atoms with Crippen LogP contribution in [0.4, 0.5) is 0 Å². The molecule has 0 amide bonds. The minimum absolute atomic E-state index is 0. The third kappa shape index (κ3) is 3.87. The lowest BCUT2D eigenvalue weighted by Crippen LogP contribution is -2.40. The molecular weight excluding hydrogens is 337 g/mol. The van der Waals surface area contributed by atoms with Gasteiger partial charge in [-0.25, -0.2) is 4.99 Å². The fraction of sp³-hybridized carbons (Fsp3) is 0.786. The number of likely N-dealkylation sites (tertiary alicyclic amines) is 1. The van der Waals surface area contributed by atoms with Crippen LogP contribution in [-0.2, 0) is 0 Å². The van der Waals surface area contributed by atoms with Crippen LogP contribution in [0.15, 0.2) is 17.6 Å². The second-order valence-corrected chi connectivity index (χ2v) is 5.19. The summed E-state index contributed by atoms with van der Waals surface area (Å²) >= 11 is 0. The molecule has 0 spiro atoms. The lowest BCUT2D eigenvalue weighted by atomic mass is 9.82. The van der Waals surface area contributed by atoms with Crippen LogP contribution in [0.3, 0.4) is 0 Å². The van der Waals surface area contributed by atoms with Crippen molar-refractivity contribution >= 4 is 29.9 Å². The Balaban J connectivity index is 0.00000162. The van der Waals surface area contributed by atoms with E-state index in [-0.39, 0.29) is 24.0 Å². The van der Waals surface area contributed by atoms with E-state index in [1.54, 1.807) is 0 Å². The molecule has 0 aromatic rings. The van der Waals surface area contributed by atoms with Crippen molar-refractivity contribution in [3.63, 3.8) is 0 Å². The third-order valence-corrected chi connectivity index (χ3v) is 3.98. The molecule has 1 heterocycles. The van der Waals surface area contributed by atoms with Crippen molar-refractivity contribution in [1.29, 1.82) is 0 Å². The highest BCUT2D eigenvalue weighted by Crippen LogP contribution is 2.35. The Morgan fingerprint density at radius 1 is 1.33 bits per heavy atom. The highest BCUT2D eigenvalue weighted by molar-refractivity contribution is 14.0. The first kappa shape index (κ1) is 15.8. The first-order valence-electron chi connectivity index (χ1n) is 6.99. The quantitative estimate of drug-likeness (QED) is 0.361. The monoisotopic (exact) mass is 363 g/mol. The predicted molar refractivity (Wildman–Crippen MR) is 88.6 cm³/mol. The summed E-state index contributed by atoms with van der Waals surface area (Å²) in [5.74, 6) is 2.91. The van der Waals surface area contributed by atoms with Gasteiger partial charge in [0, 0.05) is 19.6 Å². The Kier molecular flexibility index (Phi) is 7.04. The van der Waals surface area contributed by atoms with E-state index in [9.17, 15) is 0 Å². The summed E-state index contributed by atoms with van der Waals surface area (Å²) < 4.78 is 0. The zero-order valence-electron chi connectivity index (χ0n) is 11.4. The summed E-state index contributed by atoms with van der Waals surface area (Å²) in [7, 11) is 0. The summed E-state index contributed by atoms with van der Waals surface area (Å²) in [6, 6.07) is 0. The number of halogens is 1. The number of fused-ring (bicyclic) bond motifs is 1. The molecule has 0 bridgehead atoms. The molecule has 0 aromatic carbocycles. The van der Waals surface area contributed by atoms with Gasteiger partial charge in [-0.2, -0.15) is 0 Å². The average Bonchev–Trinajstić information content (AvgIpc) is 2.78. The summed E-state index contributed by atoms with van der Waals surface area (Å²) in [6.07, 6.45) is 7.55. The SMILES string of the molecule is C=CCN=C(NCC)N1CC2CCCCC2C1.I. The maximum Gasteiger partial charge on any atom is 0.194 e. The number of hydrogen-bond donors (Lipinski definition) is 1. The first-order valence-corrected chi connectivity index (χ1v) is 6.99. The fourth-order valence-corrected chi connectivity index (χ4v) is 3.16. The molecule has 4 heteroatoms. The van der Waals surface area contributed by atoms with Gasteiger partial charge < -0.3 is 10.2 Å². The fourth-order valence-electron chi connectivity index (χ4n) is 3.16. The van der Waals surface area contributed by atoms with Gasteiger partial charge in [-0.1, -0.05) is 18.9 Å². The van der Waals surface area contributed by atoms with Crippen molar-refractivity contribution in [3.8, 4) is 0 Å². The smallest absolute Gasteiger partial charge is 0.194 e. The molecule has 2 fully saturated rings. The van der Waals surface area contributed by atoms with E-state index in [0.717, 1.165) is 24.3 Å². The van der Waals surface area contributed by atoms with Gasteiger partial charge in [0.25, 0.3) is 0 Å². The van der Waals surface area contributed by atoms with Crippen LogP contribution >= 0.6 is 24.0 Å². The Labute approximate surface area is 128 Å². The van der Waals surface area contributed by atoms with Gasteiger partial charge in [0.1, 0.15) is 0 Å². The molecule has 0 radical (unpaired) electrons. The maximum absolute atomic E-state index is 4.59. The normalized spacial score (nSPS) is 27.4. The highest BCUT2D eigenvalue weighted by Gasteiger charge is 2.35. The van der Waals surface area contributed by atoms with E-state index < -0.39 is 0 Å². The molecule has 1 saturated heterocycles. The number of aliphatic imine (C=N–C) groups is 1. The number of hydrogen-bond acceptors (Lipinski definition) is 1. The summed E-state index contributed by atoms with van der Waals surface area (Å²) in [5.41, 5.74) is 0. The molecule has 1 aliphatic heterocycles. The topological polar surface area (TPSA) is 27.6 Å². The van der Waals surface area contributed by atoms with Gasteiger partial charge in [0.2, 0.25) is 0 Å². The van der Waals surface area contributed by atoms with Gasteiger partial charge in [-0.05, 0) is 31.6 Å². The van der Waals surface area contributed by atoms with Gasteiger partial charge in [0.15, 0.2) is 5.96 Å². The zero-order valence-corrected chi connectivity index (χ0v) is 13.7. The Bertz CT molecular complexity index is 277. The van der Waals surface area contributed by atoms with Crippen molar-refractivity contribution in [2.75, 3.05) is 26.2 Å². The van der Waals surface area contributed by atoms with Gasteiger partial charge >= 0.3 is 0 Å². The standard InChI is InChI=1S/C14H25N3.HI/c1-3-9-16-14(15-4-2)17-10-12-7-5-6-8-13(12)11-17;/h3,12-13H,1,4-11H2,2H3,(H,15,16);1H. The van der Waals surface area contributed by atoms with Gasteiger partial charge in [0.05, 0.1) is 6.54 Å². The molecule has 1 N–H and O–H groups in total. The largest absolute Gasteiger partial charge is 0.357 e. The maximum atomic E-state index is 4.59. The van der Waals surface area contributed by atoms with Crippen molar-refractivity contribution in [1.82, 2.24) is 10.2 Å². The summed E-state index contributed by atoms with van der Waals surface area (Å²) in [6.45, 7) is 9.94. The van der Waals surface area contributed by atoms with Crippen molar-refractivity contribution in [2.45, 2.75) is 32.6 Å². The molecule has 2 aliphatic rings. The van der Waals surface area contributed by atoms with Crippen LogP contribution in [0.1, 0.15) is 32.6 Å². The van der Waals surface area contributed by atoms with Gasteiger partial charge in [-0.15, -0.1) is 30.6 Å². The molecule has 0 aromatic heterocycles.